The zero-order chi connectivity index (χ0) is 21.7. The van der Waals surface area contributed by atoms with Crippen LogP contribution in [0.4, 0.5) is 22.0 Å². The highest BCUT2D eigenvalue weighted by atomic mass is 32.2. The first-order chi connectivity index (χ1) is 14.2. The van der Waals surface area contributed by atoms with E-state index in [1.807, 2.05) is 0 Å². The summed E-state index contributed by atoms with van der Waals surface area (Å²) in [6.45, 7) is 0. The predicted molar refractivity (Wildman–Crippen MR) is 102 cm³/mol. The molecule has 0 spiro atoms. The number of hydrogen-bond donors (Lipinski definition) is 0. The SMILES string of the molecule is N#CSc1cc(F)c(C#Cc2ccc(-c3ccc(OC(F)(F)F)cc3)cc2)c(F)c1. The fraction of sp³-hybridized carbons (Fsp3) is 0.0455. The number of thiocyanates is 1. The van der Waals surface area contributed by atoms with Crippen LogP contribution in [0.2, 0.25) is 0 Å². The lowest BCUT2D eigenvalue weighted by molar-refractivity contribution is -0.274. The van der Waals surface area contributed by atoms with E-state index in [-0.39, 0.29) is 10.6 Å². The first kappa shape index (κ1) is 21.2. The van der Waals surface area contributed by atoms with E-state index in [2.05, 4.69) is 16.6 Å². The van der Waals surface area contributed by atoms with Crippen molar-refractivity contribution < 1.29 is 26.7 Å². The van der Waals surface area contributed by atoms with Crippen molar-refractivity contribution in [2.45, 2.75) is 11.3 Å². The Bertz CT molecular complexity index is 1130. The van der Waals surface area contributed by atoms with Crippen molar-refractivity contribution in [3.8, 4) is 34.1 Å². The molecule has 0 unspecified atom stereocenters. The molecule has 0 saturated carbocycles. The molecular weight excluding hydrogens is 421 g/mol. The van der Waals surface area contributed by atoms with Gasteiger partial charge in [0.2, 0.25) is 0 Å². The summed E-state index contributed by atoms with van der Waals surface area (Å²) in [4.78, 5) is 0.147. The number of halogens is 5. The normalized spacial score (nSPS) is 10.7. The molecule has 3 aromatic carbocycles. The molecule has 0 aliphatic heterocycles. The minimum absolute atomic E-state index is 0.147. The third-order valence-corrected chi connectivity index (χ3v) is 4.38. The minimum atomic E-state index is -4.75. The van der Waals surface area contributed by atoms with Crippen molar-refractivity contribution in [2.24, 2.45) is 0 Å². The summed E-state index contributed by atoms with van der Waals surface area (Å²) in [7, 11) is 0. The first-order valence-electron chi connectivity index (χ1n) is 8.28. The standard InChI is InChI=1S/C22H10F5NOS/c23-20-11-18(30-13-28)12-21(24)19(20)10-3-14-1-4-15(5-2-14)16-6-8-17(9-7-16)29-22(25,26)27/h1-2,4-9,11-12H. The number of alkyl halides is 3. The maximum absolute atomic E-state index is 14.0. The average molecular weight is 431 g/mol. The molecule has 8 heteroatoms. The molecule has 0 radical (unpaired) electrons. The van der Waals surface area contributed by atoms with E-state index in [0.29, 0.717) is 28.5 Å². The third kappa shape index (κ3) is 5.53. The maximum atomic E-state index is 14.0. The van der Waals surface area contributed by atoms with Crippen molar-refractivity contribution >= 4 is 11.8 Å². The second kappa shape index (κ2) is 8.89. The average Bonchev–Trinajstić information content (AvgIpc) is 2.67. The number of hydrogen-bond acceptors (Lipinski definition) is 3. The van der Waals surface area contributed by atoms with E-state index < -0.39 is 23.6 Å². The third-order valence-electron chi connectivity index (χ3n) is 3.82. The Morgan fingerprint density at radius 1 is 0.800 bits per heavy atom. The van der Waals surface area contributed by atoms with Gasteiger partial charge < -0.3 is 4.74 Å². The van der Waals surface area contributed by atoms with Crippen LogP contribution in [0.1, 0.15) is 11.1 Å². The molecule has 0 N–H and O–H groups in total. The Labute approximate surface area is 172 Å². The lowest BCUT2D eigenvalue weighted by Crippen LogP contribution is -2.16. The van der Waals surface area contributed by atoms with Crippen LogP contribution in [0.5, 0.6) is 5.75 Å². The van der Waals surface area contributed by atoms with Crippen molar-refractivity contribution in [1.82, 2.24) is 0 Å². The van der Waals surface area contributed by atoms with Crippen LogP contribution in [0.25, 0.3) is 11.1 Å². The Hall–Kier alpha value is -3.49. The molecule has 0 bridgehead atoms. The van der Waals surface area contributed by atoms with Crippen LogP contribution < -0.4 is 4.74 Å². The molecule has 3 rings (SSSR count). The number of ether oxygens (including phenoxy) is 1. The first-order valence-corrected chi connectivity index (χ1v) is 9.10. The predicted octanol–water partition coefficient (Wildman–Crippen LogP) is 6.50. The lowest BCUT2D eigenvalue weighted by atomic mass is 10.0. The number of benzene rings is 3. The number of thioether (sulfide) groups is 1. The van der Waals surface area contributed by atoms with Crippen molar-refractivity contribution in [3.63, 3.8) is 0 Å². The topological polar surface area (TPSA) is 33.0 Å². The zero-order valence-corrected chi connectivity index (χ0v) is 15.7. The molecule has 30 heavy (non-hydrogen) atoms. The smallest absolute Gasteiger partial charge is 0.406 e. The Morgan fingerprint density at radius 2 is 1.33 bits per heavy atom. The van der Waals surface area contributed by atoms with E-state index in [9.17, 15) is 22.0 Å². The van der Waals surface area contributed by atoms with Crippen LogP contribution in [-0.2, 0) is 0 Å². The van der Waals surface area contributed by atoms with Gasteiger partial charge in [-0.15, -0.1) is 13.2 Å². The minimum Gasteiger partial charge on any atom is -0.406 e. The summed E-state index contributed by atoms with van der Waals surface area (Å²) in [6, 6.07) is 14.1. The molecule has 0 heterocycles. The molecule has 0 fully saturated rings. The summed E-state index contributed by atoms with van der Waals surface area (Å²) in [6.07, 6.45) is -4.75. The van der Waals surface area contributed by atoms with Crippen molar-refractivity contribution in [3.05, 3.63) is 83.4 Å². The van der Waals surface area contributed by atoms with E-state index in [4.69, 9.17) is 5.26 Å². The monoisotopic (exact) mass is 431 g/mol. The Balaban J connectivity index is 1.77. The zero-order valence-electron chi connectivity index (χ0n) is 14.9. The molecule has 0 aliphatic carbocycles. The van der Waals surface area contributed by atoms with Gasteiger partial charge in [0.15, 0.2) is 0 Å². The molecule has 3 aromatic rings. The lowest BCUT2D eigenvalue weighted by Gasteiger charge is -2.09. The fourth-order valence-corrected chi connectivity index (χ4v) is 2.94. The van der Waals surface area contributed by atoms with Crippen LogP contribution in [0, 0.1) is 34.1 Å². The summed E-state index contributed by atoms with van der Waals surface area (Å²) in [5.41, 5.74) is 1.47. The quantitative estimate of drug-likeness (QED) is 0.205. The molecule has 0 amide bonds. The highest BCUT2D eigenvalue weighted by Crippen LogP contribution is 2.27. The summed E-state index contributed by atoms with van der Waals surface area (Å²) in [5.74, 6) is 3.05. The van der Waals surface area contributed by atoms with Crippen LogP contribution >= 0.6 is 11.8 Å². The van der Waals surface area contributed by atoms with Gasteiger partial charge >= 0.3 is 6.36 Å². The van der Waals surface area contributed by atoms with Crippen LogP contribution in [0.3, 0.4) is 0 Å². The Morgan fingerprint density at radius 3 is 1.83 bits per heavy atom. The van der Waals surface area contributed by atoms with Gasteiger partial charge in [0.25, 0.3) is 0 Å². The van der Waals surface area contributed by atoms with Gasteiger partial charge in [-0.1, -0.05) is 36.1 Å². The van der Waals surface area contributed by atoms with Gasteiger partial charge in [-0.05, 0) is 59.3 Å². The summed E-state index contributed by atoms with van der Waals surface area (Å²) in [5, 5.41) is 10.3. The highest BCUT2D eigenvalue weighted by Gasteiger charge is 2.30. The van der Waals surface area contributed by atoms with E-state index >= 15 is 0 Å². The van der Waals surface area contributed by atoms with E-state index in [1.54, 1.807) is 29.7 Å². The van der Waals surface area contributed by atoms with Gasteiger partial charge in [0.1, 0.15) is 22.8 Å². The van der Waals surface area contributed by atoms with E-state index in [0.717, 1.165) is 12.1 Å². The molecule has 2 nitrogen and oxygen atoms in total. The molecular formula is C22H10F5NOS. The molecule has 0 aromatic heterocycles. The molecule has 0 saturated heterocycles. The number of nitrogens with zero attached hydrogens (tertiary/aromatic N) is 1. The van der Waals surface area contributed by atoms with Gasteiger partial charge in [-0.25, -0.2) is 8.78 Å². The number of nitriles is 1. The molecule has 0 atom stereocenters. The van der Waals surface area contributed by atoms with Gasteiger partial charge in [-0.2, -0.15) is 5.26 Å². The number of rotatable bonds is 3. The Kier molecular flexibility index (Phi) is 6.29. The van der Waals surface area contributed by atoms with Crippen molar-refractivity contribution in [2.75, 3.05) is 0 Å². The maximum Gasteiger partial charge on any atom is 0.573 e. The van der Waals surface area contributed by atoms with Gasteiger partial charge in [0, 0.05) is 10.5 Å². The largest absolute Gasteiger partial charge is 0.573 e. The second-order valence-corrected chi connectivity index (χ2v) is 6.71. The van der Waals surface area contributed by atoms with E-state index in [1.165, 1.54) is 24.3 Å². The molecule has 0 aliphatic rings. The fourth-order valence-electron chi connectivity index (χ4n) is 2.51. The van der Waals surface area contributed by atoms with Crippen LogP contribution in [-0.4, -0.2) is 6.36 Å². The molecule has 150 valence electrons. The summed E-state index contributed by atoms with van der Waals surface area (Å²) >= 11 is 0.644. The highest BCUT2D eigenvalue weighted by molar-refractivity contribution is 8.03. The second-order valence-electron chi connectivity index (χ2n) is 5.85. The van der Waals surface area contributed by atoms with Crippen molar-refractivity contribution in [1.29, 1.82) is 5.26 Å². The summed E-state index contributed by atoms with van der Waals surface area (Å²) < 4.78 is 68.5. The van der Waals surface area contributed by atoms with Gasteiger partial charge in [0.05, 0.1) is 5.56 Å². The van der Waals surface area contributed by atoms with Crippen LogP contribution in [0.15, 0.2) is 65.6 Å². The van der Waals surface area contributed by atoms with Gasteiger partial charge in [-0.3, -0.25) is 0 Å².